The highest BCUT2D eigenvalue weighted by atomic mass is 32.1. The Morgan fingerprint density at radius 3 is 2.42 bits per heavy atom. The molecule has 0 radical (unpaired) electrons. The van der Waals surface area contributed by atoms with Crippen LogP contribution >= 0.6 is 12.6 Å². The van der Waals surface area contributed by atoms with Gasteiger partial charge in [0.1, 0.15) is 0 Å². The third kappa shape index (κ3) is 2.41. The largest absolute Gasteiger partial charge is 0.350 e. The summed E-state index contributed by atoms with van der Waals surface area (Å²) in [4.78, 5) is 11.3. The van der Waals surface area contributed by atoms with Crippen molar-refractivity contribution in [3.63, 3.8) is 0 Å². The maximum atomic E-state index is 11.3. The molecule has 70 valence electrons. The molecule has 0 aromatic carbocycles. The molecule has 1 aliphatic carbocycles. The molecule has 0 spiro atoms. The van der Waals surface area contributed by atoms with Crippen molar-refractivity contribution in [3.8, 4) is 0 Å². The van der Waals surface area contributed by atoms with Crippen molar-refractivity contribution < 1.29 is 4.79 Å². The molecule has 1 amide bonds. The second kappa shape index (κ2) is 3.29. The van der Waals surface area contributed by atoms with Crippen LogP contribution in [0.15, 0.2) is 0 Å². The van der Waals surface area contributed by atoms with E-state index in [1.54, 1.807) is 6.92 Å². The number of rotatable bonds is 3. The maximum Gasteiger partial charge on any atom is 0.232 e. The number of hydrogen-bond donors (Lipinski definition) is 2. The van der Waals surface area contributed by atoms with Crippen molar-refractivity contribution in [2.75, 3.05) is 0 Å². The van der Waals surface area contributed by atoms with Gasteiger partial charge in [0.05, 0.1) is 5.25 Å². The van der Waals surface area contributed by atoms with Gasteiger partial charge in [-0.3, -0.25) is 4.79 Å². The fraction of sp³-hybridized carbons (Fsp3) is 0.889. The van der Waals surface area contributed by atoms with Crippen LogP contribution in [0.5, 0.6) is 0 Å². The molecule has 1 atom stereocenters. The first-order valence-corrected chi connectivity index (χ1v) is 4.95. The summed E-state index contributed by atoms with van der Waals surface area (Å²) < 4.78 is 0. The van der Waals surface area contributed by atoms with E-state index in [9.17, 15) is 4.79 Å². The quantitative estimate of drug-likeness (QED) is 0.646. The molecule has 1 aliphatic rings. The molecule has 1 rings (SSSR count). The topological polar surface area (TPSA) is 29.1 Å². The lowest BCUT2D eigenvalue weighted by molar-refractivity contribution is -0.122. The van der Waals surface area contributed by atoms with Gasteiger partial charge in [-0.15, -0.1) is 0 Å². The Morgan fingerprint density at radius 2 is 2.08 bits per heavy atom. The van der Waals surface area contributed by atoms with E-state index in [2.05, 4.69) is 31.8 Å². The minimum Gasteiger partial charge on any atom is -0.350 e. The van der Waals surface area contributed by atoms with Crippen LogP contribution < -0.4 is 5.32 Å². The number of nitrogens with one attached hydrogen (secondary N) is 1. The van der Waals surface area contributed by atoms with Gasteiger partial charge in [0.25, 0.3) is 0 Å². The number of thiol groups is 1. The van der Waals surface area contributed by atoms with Gasteiger partial charge >= 0.3 is 0 Å². The Balaban J connectivity index is 2.43. The molecule has 0 bridgehead atoms. The predicted octanol–water partition coefficient (Wildman–Crippen LogP) is 1.61. The molecule has 1 unspecified atom stereocenters. The zero-order valence-electron chi connectivity index (χ0n) is 7.92. The lowest BCUT2D eigenvalue weighted by atomic mass is 9.98. The molecule has 2 nitrogen and oxygen atoms in total. The summed E-state index contributed by atoms with van der Waals surface area (Å²) in [6.45, 7) is 5.96. The molecule has 12 heavy (non-hydrogen) atoms. The number of amides is 1. The molecule has 1 saturated carbocycles. The molecule has 0 aliphatic heterocycles. The summed E-state index contributed by atoms with van der Waals surface area (Å²) in [7, 11) is 0. The molecular weight excluding hydrogens is 170 g/mol. The molecular formula is C9H17NOS. The number of carbonyl (C=O) groups excluding carboxylic acids is 1. The van der Waals surface area contributed by atoms with Gasteiger partial charge in [-0.25, -0.2) is 0 Å². The van der Waals surface area contributed by atoms with E-state index in [-0.39, 0.29) is 16.7 Å². The second-order valence-electron chi connectivity index (χ2n) is 4.16. The molecule has 1 N–H and O–H groups in total. The fourth-order valence-electron chi connectivity index (χ4n) is 1.33. The monoisotopic (exact) mass is 187 g/mol. The molecule has 0 aromatic rings. The van der Waals surface area contributed by atoms with Gasteiger partial charge in [-0.05, 0) is 39.5 Å². The average molecular weight is 187 g/mol. The molecule has 1 fully saturated rings. The standard InChI is InChI=1S/C9H17NOS/c1-6(12)8(11)10-9(2,3)7-4-5-7/h6-7,12H,4-5H2,1-3H3,(H,10,11). The summed E-state index contributed by atoms with van der Waals surface area (Å²) in [5.74, 6) is 0.712. The Labute approximate surface area is 79.5 Å². The van der Waals surface area contributed by atoms with E-state index < -0.39 is 0 Å². The Morgan fingerprint density at radius 1 is 1.58 bits per heavy atom. The van der Waals surface area contributed by atoms with E-state index in [1.807, 2.05) is 0 Å². The van der Waals surface area contributed by atoms with E-state index in [0.717, 1.165) is 0 Å². The zero-order chi connectivity index (χ0) is 9.35. The van der Waals surface area contributed by atoms with Crippen molar-refractivity contribution >= 4 is 18.5 Å². The van der Waals surface area contributed by atoms with Crippen molar-refractivity contribution in [1.29, 1.82) is 0 Å². The van der Waals surface area contributed by atoms with Crippen LogP contribution in [0.2, 0.25) is 0 Å². The number of hydrogen-bond acceptors (Lipinski definition) is 2. The van der Waals surface area contributed by atoms with Crippen LogP contribution in [-0.4, -0.2) is 16.7 Å². The summed E-state index contributed by atoms with van der Waals surface area (Å²) in [5, 5.41) is 2.80. The predicted molar refractivity (Wildman–Crippen MR) is 53.4 cm³/mol. The van der Waals surface area contributed by atoms with E-state index >= 15 is 0 Å². The van der Waals surface area contributed by atoms with Gasteiger partial charge in [0, 0.05) is 5.54 Å². The summed E-state index contributed by atoms with van der Waals surface area (Å²) in [6, 6.07) is 0. The van der Waals surface area contributed by atoms with Crippen molar-refractivity contribution in [3.05, 3.63) is 0 Å². The molecule has 0 aromatic heterocycles. The highest BCUT2D eigenvalue weighted by molar-refractivity contribution is 7.81. The number of carbonyl (C=O) groups is 1. The smallest absolute Gasteiger partial charge is 0.232 e. The first-order valence-electron chi connectivity index (χ1n) is 4.43. The third-order valence-corrected chi connectivity index (χ3v) is 2.66. The summed E-state index contributed by atoms with van der Waals surface area (Å²) in [5.41, 5.74) is -0.0337. The minimum absolute atomic E-state index is 0.0337. The molecule has 0 heterocycles. The van der Waals surface area contributed by atoms with Gasteiger partial charge < -0.3 is 5.32 Å². The lowest BCUT2D eigenvalue weighted by Crippen LogP contribution is -2.47. The van der Waals surface area contributed by atoms with Crippen LogP contribution in [0.25, 0.3) is 0 Å². The summed E-state index contributed by atoms with van der Waals surface area (Å²) in [6.07, 6.45) is 2.49. The maximum absolute atomic E-state index is 11.3. The van der Waals surface area contributed by atoms with Crippen LogP contribution in [0, 0.1) is 5.92 Å². The first-order chi connectivity index (χ1) is 5.43. The minimum atomic E-state index is -0.206. The Kier molecular flexibility index (Phi) is 2.71. The van der Waals surface area contributed by atoms with Crippen LogP contribution in [-0.2, 0) is 4.79 Å². The van der Waals surface area contributed by atoms with Gasteiger partial charge in [0.15, 0.2) is 0 Å². The van der Waals surface area contributed by atoms with Crippen LogP contribution in [0.3, 0.4) is 0 Å². The van der Waals surface area contributed by atoms with Crippen LogP contribution in [0.4, 0.5) is 0 Å². The third-order valence-electron chi connectivity index (χ3n) is 2.42. The molecule has 3 heteroatoms. The van der Waals surface area contributed by atoms with Gasteiger partial charge in [-0.1, -0.05) is 0 Å². The second-order valence-corrected chi connectivity index (χ2v) is 4.94. The Hall–Kier alpha value is -0.180. The molecule has 0 saturated heterocycles. The van der Waals surface area contributed by atoms with E-state index in [0.29, 0.717) is 5.92 Å². The van der Waals surface area contributed by atoms with Crippen molar-refractivity contribution in [2.45, 2.75) is 44.4 Å². The van der Waals surface area contributed by atoms with Crippen molar-refractivity contribution in [2.24, 2.45) is 5.92 Å². The zero-order valence-corrected chi connectivity index (χ0v) is 8.82. The normalized spacial score (nSPS) is 20.3. The highest BCUT2D eigenvalue weighted by Crippen LogP contribution is 2.39. The van der Waals surface area contributed by atoms with Gasteiger partial charge in [0.2, 0.25) is 5.91 Å². The highest BCUT2D eigenvalue weighted by Gasteiger charge is 2.38. The Bertz CT molecular complexity index is 185. The SMILES string of the molecule is CC(S)C(=O)NC(C)(C)C1CC1. The van der Waals surface area contributed by atoms with E-state index in [1.165, 1.54) is 12.8 Å². The lowest BCUT2D eigenvalue weighted by Gasteiger charge is -2.26. The summed E-state index contributed by atoms with van der Waals surface area (Å²) >= 11 is 4.08. The average Bonchev–Trinajstić information content (AvgIpc) is 2.65. The van der Waals surface area contributed by atoms with Crippen molar-refractivity contribution in [1.82, 2.24) is 5.32 Å². The first kappa shape index (κ1) is 9.90. The van der Waals surface area contributed by atoms with E-state index in [4.69, 9.17) is 0 Å². The van der Waals surface area contributed by atoms with Crippen LogP contribution in [0.1, 0.15) is 33.6 Å². The van der Waals surface area contributed by atoms with Gasteiger partial charge in [-0.2, -0.15) is 12.6 Å². The fourth-order valence-corrected chi connectivity index (χ4v) is 1.39.